The van der Waals surface area contributed by atoms with Crippen LogP contribution in [0.2, 0.25) is 5.02 Å². The van der Waals surface area contributed by atoms with E-state index in [-0.39, 0.29) is 16.2 Å². The molecule has 0 bridgehead atoms. The maximum Gasteiger partial charge on any atom is 0.255 e. The van der Waals surface area contributed by atoms with Crippen LogP contribution < -0.4 is 10.1 Å². The molecular weight excluding hydrogens is 400 g/mol. The maximum absolute atomic E-state index is 13.1. The maximum atomic E-state index is 13.1. The van der Waals surface area contributed by atoms with E-state index < -0.39 is 15.9 Å². The van der Waals surface area contributed by atoms with E-state index in [1.54, 1.807) is 31.2 Å². The van der Waals surface area contributed by atoms with Crippen LogP contribution in [0.4, 0.5) is 5.69 Å². The van der Waals surface area contributed by atoms with Gasteiger partial charge in [-0.2, -0.15) is 4.31 Å². The van der Waals surface area contributed by atoms with Gasteiger partial charge in [-0.05, 0) is 55.7 Å². The number of benzene rings is 2. The molecule has 28 heavy (non-hydrogen) atoms. The van der Waals surface area contributed by atoms with E-state index in [1.807, 2.05) is 0 Å². The second-order valence-electron chi connectivity index (χ2n) is 6.70. The van der Waals surface area contributed by atoms with E-state index in [0.717, 1.165) is 24.8 Å². The number of hydrogen-bond donors (Lipinski definition) is 1. The molecule has 0 unspecified atom stereocenters. The summed E-state index contributed by atoms with van der Waals surface area (Å²) in [6, 6.07) is 9.65. The van der Waals surface area contributed by atoms with Gasteiger partial charge in [-0.1, -0.05) is 24.1 Å². The fraction of sp³-hybridized carbons (Fsp3) is 0.350. The van der Waals surface area contributed by atoms with Crippen molar-refractivity contribution >= 4 is 33.2 Å². The number of methoxy groups -OCH3 is 1. The van der Waals surface area contributed by atoms with Crippen LogP contribution >= 0.6 is 11.6 Å². The van der Waals surface area contributed by atoms with Crippen molar-refractivity contribution in [2.45, 2.75) is 31.1 Å². The number of piperidine rings is 1. The van der Waals surface area contributed by atoms with Gasteiger partial charge in [0.25, 0.3) is 5.91 Å². The van der Waals surface area contributed by atoms with Crippen molar-refractivity contribution in [3.05, 3.63) is 52.5 Å². The zero-order chi connectivity index (χ0) is 20.3. The molecule has 0 saturated carbocycles. The van der Waals surface area contributed by atoms with Crippen molar-refractivity contribution in [2.75, 3.05) is 25.5 Å². The highest BCUT2D eigenvalue weighted by Crippen LogP contribution is 2.30. The molecule has 3 rings (SSSR count). The van der Waals surface area contributed by atoms with Crippen LogP contribution in [0.25, 0.3) is 0 Å². The van der Waals surface area contributed by atoms with Crippen molar-refractivity contribution in [1.82, 2.24) is 4.31 Å². The fourth-order valence-corrected chi connectivity index (χ4v) is 5.07. The first kappa shape index (κ1) is 20.6. The second kappa shape index (κ2) is 8.51. The number of hydrogen-bond acceptors (Lipinski definition) is 4. The Bertz CT molecular complexity index is 986. The summed E-state index contributed by atoms with van der Waals surface area (Å²) in [5, 5.41) is 3.33. The van der Waals surface area contributed by atoms with Crippen molar-refractivity contribution in [3.8, 4) is 5.75 Å². The quantitative estimate of drug-likeness (QED) is 0.787. The fourth-order valence-electron chi connectivity index (χ4n) is 3.20. The molecule has 0 radical (unpaired) electrons. The third-order valence-electron chi connectivity index (χ3n) is 4.87. The Balaban J connectivity index is 1.94. The van der Waals surface area contributed by atoms with Gasteiger partial charge in [-0.3, -0.25) is 4.79 Å². The van der Waals surface area contributed by atoms with E-state index in [2.05, 4.69) is 5.32 Å². The lowest BCUT2D eigenvalue weighted by Crippen LogP contribution is -2.35. The van der Waals surface area contributed by atoms with Gasteiger partial charge in [0.15, 0.2) is 0 Å². The Kier molecular flexibility index (Phi) is 6.27. The number of carbonyl (C=O) groups excluding carboxylic acids is 1. The van der Waals surface area contributed by atoms with Gasteiger partial charge >= 0.3 is 0 Å². The van der Waals surface area contributed by atoms with Gasteiger partial charge in [0.1, 0.15) is 10.6 Å². The minimum absolute atomic E-state index is 0.00682. The summed E-state index contributed by atoms with van der Waals surface area (Å²) in [5.74, 6) is -0.191. The van der Waals surface area contributed by atoms with Crippen LogP contribution in [0.5, 0.6) is 5.75 Å². The number of anilines is 1. The Morgan fingerprint density at radius 2 is 1.86 bits per heavy atom. The van der Waals surface area contributed by atoms with E-state index in [0.29, 0.717) is 23.8 Å². The average Bonchev–Trinajstić information content (AvgIpc) is 2.71. The van der Waals surface area contributed by atoms with Crippen molar-refractivity contribution in [1.29, 1.82) is 0 Å². The van der Waals surface area contributed by atoms with E-state index in [4.69, 9.17) is 16.3 Å². The molecule has 2 aromatic carbocycles. The Morgan fingerprint density at radius 3 is 2.54 bits per heavy atom. The molecule has 1 saturated heterocycles. The normalized spacial score (nSPS) is 15.2. The van der Waals surface area contributed by atoms with Crippen LogP contribution in [0.1, 0.15) is 35.2 Å². The Labute approximate surface area is 170 Å². The minimum atomic E-state index is -3.74. The topological polar surface area (TPSA) is 75.7 Å². The van der Waals surface area contributed by atoms with E-state index in [9.17, 15) is 13.2 Å². The molecule has 8 heteroatoms. The molecule has 150 valence electrons. The zero-order valence-corrected chi connectivity index (χ0v) is 17.4. The SMILES string of the molecule is COc1ccc(C(=O)Nc2cccc(Cl)c2C)cc1S(=O)(=O)N1CCCCC1. The van der Waals surface area contributed by atoms with Crippen LogP contribution in [0.15, 0.2) is 41.3 Å². The molecule has 1 amide bonds. The minimum Gasteiger partial charge on any atom is -0.495 e. The van der Waals surface area contributed by atoms with Gasteiger partial charge < -0.3 is 10.1 Å². The molecule has 2 aromatic rings. The summed E-state index contributed by atoms with van der Waals surface area (Å²) < 4.78 is 32.9. The van der Waals surface area contributed by atoms with E-state index in [1.165, 1.54) is 23.5 Å². The molecule has 1 heterocycles. The lowest BCUT2D eigenvalue weighted by molar-refractivity contribution is 0.102. The van der Waals surface area contributed by atoms with Gasteiger partial charge in [0.2, 0.25) is 10.0 Å². The summed E-state index contributed by atoms with van der Waals surface area (Å²) in [5.41, 5.74) is 1.55. The number of ether oxygens (including phenoxy) is 1. The van der Waals surface area contributed by atoms with Crippen molar-refractivity contribution < 1.29 is 17.9 Å². The molecule has 0 atom stereocenters. The molecule has 1 aliphatic rings. The Hall–Kier alpha value is -2.09. The molecule has 1 aliphatic heterocycles. The number of rotatable bonds is 5. The van der Waals surface area contributed by atoms with Gasteiger partial charge in [0.05, 0.1) is 7.11 Å². The average molecular weight is 423 g/mol. The smallest absolute Gasteiger partial charge is 0.255 e. The highest BCUT2D eigenvalue weighted by atomic mass is 35.5. The number of halogens is 1. The largest absolute Gasteiger partial charge is 0.495 e. The summed E-state index contributed by atoms with van der Waals surface area (Å²) in [4.78, 5) is 12.7. The van der Waals surface area contributed by atoms with Crippen LogP contribution in [-0.2, 0) is 10.0 Å². The first-order chi connectivity index (χ1) is 13.3. The van der Waals surface area contributed by atoms with Crippen molar-refractivity contribution in [3.63, 3.8) is 0 Å². The van der Waals surface area contributed by atoms with Gasteiger partial charge in [-0.15, -0.1) is 0 Å². The lowest BCUT2D eigenvalue weighted by atomic mass is 10.1. The predicted octanol–water partition coefficient (Wildman–Crippen LogP) is 4.08. The van der Waals surface area contributed by atoms with Gasteiger partial charge in [0, 0.05) is 29.4 Å². The summed E-state index contributed by atoms with van der Waals surface area (Å²) in [6.07, 6.45) is 2.68. The molecule has 0 aromatic heterocycles. The lowest BCUT2D eigenvalue weighted by Gasteiger charge is -2.26. The summed E-state index contributed by atoms with van der Waals surface area (Å²) in [6.45, 7) is 2.76. The summed E-state index contributed by atoms with van der Waals surface area (Å²) in [7, 11) is -2.33. The van der Waals surface area contributed by atoms with Crippen LogP contribution in [-0.4, -0.2) is 38.8 Å². The number of sulfonamides is 1. The highest BCUT2D eigenvalue weighted by molar-refractivity contribution is 7.89. The first-order valence-corrected chi connectivity index (χ1v) is 10.9. The number of nitrogens with zero attached hydrogens (tertiary/aromatic N) is 1. The molecule has 1 fully saturated rings. The third kappa shape index (κ3) is 4.16. The standard InChI is InChI=1S/C20H23ClN2O4S/c1-14-16(21)7-6-8-17(14)22-20(24)15-9-10-18(27-2)19(13-15)28(25,26)23-11-4-3-5-12-23/h6-10,13H,3-5,11-12H2,1-2H3,(H,22,24). The predicted molar refractivity (Wildman–Crippen MR) is 110 cm³/mol. The van der Waals surface area contributed by atoms with Crippen LogP contribution in [0, 0.1) is 6.92 Å². The van der Waals surface area contributed by atoms with Crippen molar-refractivity contribution in [2.24, 2.45) is 0 Å². The first-order valence-electron chi connectivity index (χ1n) is 9.09. The number of carbonyl (C=O) groups is 1. The third-order valence-corrected chi connectivity index (χ3v) is 7.20. The monoisotopic (exact) mass is 422 g/mol. The highest BCUT2D eigenvalue weighted by Gasteiger charge is 2.29. The van der Waals surface area contributed by atoms with Gasteiger partial charge in [-0.25, -0.2) is 8.42 Å². The molecular formula is C20H23ClN2O4S. The number of amides is 1. The molecule has 6 nitrogen and oxygen atoms in total. The van der Waals surface area contributed by atoms with E-state index >= 15 is 0 Å². The second-order valence-corrected chi connectivity index (χ2v) is 9.01. The molecule has 1 N–H and O–H groups in total. The Morgan fingerprint density at radius 1 is 1.14 bits per heavy atom. The number of nitrogens with one attached hydrogen (secondary N) is 1. The molecule has 0 spiro atoms. The molecule has 0 aliphatic carbocycles. The zero-order valence-electron chi connectivity index (χ0n) is 15.9. The van der Waals surface area contributed by atoms with Crippen LogP contribution in [0.3, 0.4) is 0 Å². The summed E-state index contributed by atoms with van der Waals surface area (Å²) >= 11 is 6.10.